The van der Waals surface area contributed by atoms with Crippen LogP contribution in [0.1, 0.15) is 29.4 Å². The summed E-state index contributed by atoms with van der Waals surface area (Å²) in [5.41, 5.74) is 3.36. The predicted molar refractivity (Wildman–Crippen MR) is 94.8 cm³/mol. The SMILES string of the molecule is Cc1nc(NCC2CC(=O)N(C)c3ccccc32)c2c(C)noc2n1. The van der Waals surface area contributed by atoms with E-state index < -0.39 is 0 Å². The Labute approximate surface area is 145 Å². The van der Waals surface area contributed by atoms with Gasteiger partial charge in [-0.05, 0) is 25.5 Å². The summed E-state index contributed by atoms with van der Waals surface area (Å²) < 4.78 is 5.25. The van der Waals surface area contributed by atoms with Gasteiger partial charge in [-0.25, -0.2) is 4.98 Å². The van der Waals surface area contributed by atoms with Crippen molar-refractivity contribution in [3.05, 3.63) is 41.3 Å². The normalized spacial score (nSPS) is 17.0. The van der Waals surface area contributed by atoms with Gasteiger partial charge in [0.05, 0.1) is 5.69 Å². The lowest BCUT2D eigenvalue weighted by molar-refractivity contribution is -0.119. The van der Waals surface area contributed by atoms with E-state index in [9.17, 15) is 4.79 Å². The number of nitrogens with one attached hydrogen (secondary N) is 1. The van der Waals surface area contributed by atoms with Crippen LogP contribution in [-0.4, -0.2) is 34.6 Å². The molecule has 0 fully saturated rings. The zero-order valence-electron chi connectivity index (χ0n) is 14.4. The molecule has 1 atom stereocenters. The van der Waals surface area contributed by atoms with Crippen LogP contribution < -0.4 is 10.2 Å². The molecule has 3 heterocycles. The monoisotopic (exact) mass is 337 g/mol. The maximum Gasteiger partial charge on any atom is 0.263 e. The van der Waals surface area contributed by atoms with Crippen molar-refractivity contribution in [3.8, 4) is 0 Å². The number of fused-ring (bicyclic) bond motifs is 2. The molecule has 128 valence electrons. The molecular weight excluding hydrogens is 318 g/mol. The maximum absolute atomic E-state index is 12.3. The van der Waals surface area contributed by atoms with E-state index in [1.54, 1.807) is 4.90 Å². The van der Waals surface area contributed by atoms with E-state index in [1.807, 2.05) is 39.1 Å². The third-order valence-electron chi connectivity index (χ3n) is 4.67. The van der Waals surface area contributed by atoms with E-state index in [-0.39, 0.29) is 11.8 Å². The molecule has 0 bridgehead atoms. The largest absolute Gasteiger partial charge is 0.369 e. The highest BCUT2D eigenvalue weighted by molar-refractivity contribution is 5.96. The summed E-state index contributed by atoms with van der Waals surface area (Å²) in [6.45, 7) is 4.29. The van der Waals surface area contributed by atoms with E-state index >= 15 is 0 Å². The first-order chi connectivity index (χ1) is 12.0. The lowest BCUT2D eigenvalue weighted by Gasteiger charge is -2.31. The third kappa shape index (κ3) is 2.61. The van der Waals surface area contributed by atoms with Gasteiger partial charge in [0, 0.05) is 31.6 Å². The van der Waals surface area contributed by atoms with E-state index in [0.717, 1.165) is 16.8 Å². The number of benzene rings is 1. The molecule has 1 aromatic carbocycles. The van der Waals surface area contributed by atoms with Crippen molar-refractivity contribution < 1.29 is 9.32 Å². The molecule has 0 saturated heterocycles. The smallest absolute Gasteiger partial charge is 0.263 e. The molecule has 1 N–H and O–H groups in total. The Bertz CT molecular complexity index is 965. The van der Waals surface area contributed by atoms with Gasteiger partial charge >= 0.3 is 0 Å². The first-order valence-electron chi connectivity index (χ1n) is 8.24. The fraction of sp³-hybridized carbons (Fsp3) is 0.333. The summed E-state index contributed by atoms with van der Waals surface area (Å²) in [6, 6.07) is 8.02. The second-order valence-corrected chi connectivity index (χ2v) is 6.36. The second-order valence-electron chi connectivity index (χ2n) is 6.36. The van der Waals surface area contributed by atoms with Crippen molar-refractivity contribution in [2.24, 2.45) is 0 Å². The summed E-state index contributed by atoms with van der Waals surface area (Å²) >= 11 is 0. The summed E-state index contributed by atoms with van der Waals surface area (Å²) in [5, 5.41) is 8.14. The Balaban J connectivity index is 1.65. The number of aromatic nitrogens is 3. The van der Waals surface area contributed by atoms with Gasteiger partial charge in [0.2, 0.25) is 5.91 Å². The van der Waals surface area contributed by atoms with Gasteiger partial charge in [0.1, 0.15) is 17.0 Å². The molecule has 25 heavy (non-hydrogen) atoms. The fourth-order valence-electron chi connectivity index (χ4n) is 3.36. The molecule has 0 aliphatic carbocycles. The molecule has 7 heteroatoms. The van der Waals surface area contributed by atoms with Crippen LogP contribution in [0.3, 0.4) is 0 Å². The predicted octanol–water partition coefficient (Wildman–Crippen LogP) is 2.80. The number of hydrogen-bond donors (Lipinski definition) is 1. The molecule has 3 aromatic rings. The number of carbonyl (C=O) groups excluding carboxylic acids is 1. The minimum atomic E-state index is 0.0883. The van der Waals surface area contributed by atoms with Crippen molar-refractivity contribution in [3.63, 3.8) is 0 Å². The average molecular weight is 337 g/mol. The number of hydrogen-bond acceptors (Lipinski definition) is 6. The van der Waals surface area contributed by atoms with E-state index in [0.29, 0.717) is 30.3 Å². The first kappa shape index (κ1) is 15.6. The van der Waals surface area contributed by atoms with Crippen molar-refractivity contribution in [2.75, 3.05) is 23.8 Å². The second kappa shape index (κ2) is 5.84. The highest BCUT2D eigenvalue weighted by atomic mass is 16.5. The zero-order valence-corrected chi connectivity index (χ0v) is 14.4. The lowest BCUT2D eigenvalue weighted by Crippen LogP contribution is -2.35. The number of rotatable bonds is 3. The quantitative estimate of drug-likeness (QED) is 0.791. The van der Waals surface area contributed by atoms with Crippen molar-refractivity contribution in [2.45, 2.75) is 26.2 Å². The Kier molecular flexibility index (Phi) is 3.63. The number of anilines is 2. The molecule has 0 saturated carbocycles. The molecular formula is C18H19N5O2. The van der Waals surface area contributed by atoms with Crippen LogP contribution in [0, 0.1) is 13.8 Å². The summed E-state index contributed by atoms with van der Waals surface area (Å²) in [5.74, 6) is 1.53. The van der Waals surface area contributed by atoms with Crippen molar-refractivity contribution in [1.82, 2.24) is 15.1 Å². The van der Waals surface area contributed by atoms with Crippen LogP contribution in [-0.2, 0) is 4.79 Å². The van der Waals surface area contributed by atoms with Gasteiger partial charge in [0.15, 0.2) is 0 Å². The van der Waals surface area contributed by atoms with Gasteiger partial charge in [-0.2, -0.15) is 4.98 Å². The zero-order chi connectivity index (χ0) is 17.6. The molecule has 4 rings (SSSR count). The third-order valence-corrected chi connectivity index (χ3v) is 4.67. The van der Waals surface area contributed by atoms with Gasteiger partial charge in [-0.3, -0.25) is 4.79 Å². The molecule has 1 unspecified atom stereocenters. The van der Waals surface area contributed by atoms with Crippen molar-refractivity contribution in [1.29, 1.82) is 0 Å². The Hall–Kier alpha value is -2.96. The summed E-state index contributed by atoms with van der Waals surface area (Å²) in [4.78, 5) is 22.8. The number of carbonyl (C=O) groups is 1. The summed E-state index contributed by atoms with van der Waals surface area (Å²) in [7, 11) is 1.82. The van der Waals surface area contributed by atoms with Crippen LogP contribution in [0.4, 0.5) is 11.5 Å². The van der Waals surface area contributed by atoms with E-state index in [4.69, 9.17) is 4.52 Å². The van der Waals surface area contributed by atoms with Crippen molar-refractivity contribution >= 4 is 28.5 Å². The highest BCUT2D eigenvalue weighted by Crippen LogP contribution is 2.35. The number of para-hydroxylation sites is 1. The van der Waals surface area contributed by atoms with Crippen LogP contribution in [0.15, 0.2) is 28.8 Å². The van der Waals surface area contributed by atoms with Crippen LogP contribution in [0.5, 0.6) is 0 Å². The first-order valence-corrected chi connectivity index (χ1v) is 8.24. The number of nitrogens with zero attached hydrogens (tertiary/aromatic N) is 4. The minimum absolute atomic E-state index is 0.0883. The molecule has 2 aromatic heterocycles. The fourth-order valence-corrected chi connectivity index (χ4v) is 3.36. The van der Waals surface area contributed by atoms with E-state index in [2.05, 4.69) is 26.5 Å². The molecule has 7 nitrogen and oxygen atoms in total. The highest BCUT2D eigenvalue weighted by Gasteiger charge is 2.29. The average Bonchev–Trinajstić information content (AvgIpc) is 2.97. The van der Waals surface area contributed by atoms with Gasteiger partial charge < -0.3 is 14.7 Å². The molecule has 0 spiro atoms. The molecule has 0 radical (unpaired) electrons. The van der Waals surface area contributed by atoms with Crippen LogP contribution >= 0.6 is 0 Å². The standard InChI is InChI=1S/C18H19N5O2/c1-10-16-17(20-11(2)21-18(16)25-22-10)19-9-12-8-15(24)23(3)14-7-5-4-6-13(12)14/h4-7,12H,8-9H2,1-3H3,(H,19,20,21). The van der Waals surface area contributed by atoms with E-state index in [1.165, 1.54) is 5.56 Å². The minimum Gasteiger partial charge on any atom is -0.369 e. The molecule has 1 aliphatic heterocycles. The lowest BCUT2D eigenvalue weighted by atomic mass is 9.89. The topological polar surface area (TPSA) is 84.2 Å². The van der Waals surface area contributed by atoms with Gasteiger partial charge in [0.25, 0.3) is 5.71 Å². The number of aryl methyl sites for hydroxylation is 2. The molecule has 1 aliphatic rings. The Morgan fingerprint density at radius 1 is 1.28 bits per heavy atom. The van der Waals surface area contributed by atoms with Gasteiger partial charge in [-0.15, -0.1) is 0 Å². The van der Waals surface area contributed by atoms with Crippen LogP contribution in [0.2, 0.25) is 0 Å². The Morgan fingerprint density at radius 3 is 2.92 bits per heavy atom. The number of amides is 1. The summed E-state index contributed by atoms with van der Waals surface area (Å²) in [6.07, 6.45) is 0.469. The molecule has 1 amide bonds. The van der Waals surface area contributed by atoms with Gasteiger partial charge in [-0.1, -0.05) is 23.4 Å². The maximum atomic E-state index is 12.3. The Morgan fingerprint density at radius 2 is 2.08 bits per heavy atom. The van der Waals surface area contributed by atoms with Crippen LogP contribution in [0.25, 0.3) is 11.1 Å².